The van der Waals surface area contributed by atoms with Gasteiger partial charge in [-0.15, -0.1) is 0 Å². The van der Waals surface area contributed by atoms with E-state index in [-0.39, 0.29) is 23.4 Å². The molecule has 168 valence electrons. The summed E-state index contributed by atoms with van der Waals surface area (Å²) in [6.07, 6.45) is 5.96. The van der Waals surface area contributed by atoms with Gasteiger partial charge in [0.05, 0.1) is 32.7 Å². The number of carbonyl (C=O) groups is 1. The average molecular weight is 424 g/mol. The molecule has 2 saturated heterocycles. The molecule has 2 heterocycles. The van der Waals surface area contributed by atoms with Crippen molar-refractivity contribution in [2.75, 3.05) is 37.6 Å². The van der Waals surface area contributed by atoms with Gasteiger partial charge in [0.2, 0.25) is 0 Å². The quantitative estimate of drug-likeness (QED) is 0.598. The largest absolute Gasteiger partial charge is 0.462 e. The molecule has 31 heavy (non-hydrogen) atoms. The van der Waals surface area contributed by atoms with Crippen LogP contribution in [0.4, 0.5) is 5.69 Å². The second kappa shape index (κ2) is 7.95. The number of rotatable bonds is 3. The Balaban J connectivity index is 1.23. The summed E-state index contributed by atoms with van der Waals surface area (Å²) in [6.45, 7) is 16.5. The monoisotopic (exact) mass is 423 g/mol. The van der Waals surface area contributed by atoms with Crippen molar-refractivity contribution in [3.8, 4) is 0 Å². The van der Waals surface area contributed by atoms with Gasteiger partial charge in [0.25, 0.3) is 0 Å². The molecule has 2 aliphatic heterocycles. The van der Waals surface area contributed by atoms with E-state index in [4.69, 9.17) is 4.74 Å². The van der Waals surface area contributed by atoms with Gasteiger partial charge in [-0.3, -0.25) is 4.79 Å². The van der Waals surface area contributed by atoms with Crippen molar-refractivity contribution in [1.29, 1.82) is 0 Å². The first-order valence-electron chi connectivity index (χ1n) is 12.4. The Labute approximate surface area is 187 Å². The Morgan fingerprint density at radius 2 is 2.03 bits per heavy atom. The molecule has 4 heteroatoms. The highest BCUT2D eigenvalue weighted by Crippen LogP contribution is 2.56. The molecule has 0 unspecified atom stereocenters. The van der Waals surface area contributed by atoms with Crippen LogP contribution in [0.1, 0.15) is 50.2 Å². The minimum absolute atomic E-state index is 0.0759. The summed E-state index contributed by atoms with van der Waals surface area (Å²) in [5.41, 5.74) is 5.77. The van der Waals surface area contributed by atoms with Gasteiger partial charge < -0.3 is 14.5 Å². The molecule has 5 atom stereocenters. The summed E-state index contributed by atoms with van der Waals surface area (Å²) in [7, 11) is 0. The number of quaternary nitrogens is 1. The molecule has 0 spiro atoms. The smallest absolute Gasteiger partial charge is 0.315 e. The average Bonchev–Trinajstić information content (AvgIpc) is 3.01. The van der Waals surface area contributed by atoms with Crippen LogP contribution in [0.3, 0.4) is 0 Å². The number of piperazine rings is 1. The van der Waals surface area contributed by atoms with Gasteiger partial charge in [-0.25, -0.2) is 0 Å². The van der Waals surface area contributed by atoms with Gasteiger partial charge in [-0.05, 0) is 68.9 Å². The zero-order valence-electron chi connectivity index (χ0n) is 19.6. The Bertz CT molecular complexity index is 872. The molecule has 2 saturated carbocycles. The SMILES string of the molecule is C=C1CCC[C@]2(C)C[C@H]3OC(=O)[C@H](C[NH+]4CCN(c5ccc(C)cc5C)CC4)[C@H]3C[C@@H]12. The number of aryl methyl sites for hydroxylation is 2. The van der Waals surface area contributed by atoms with Crippen molar-refractivity contribution in [3.05, 3.63) is 41.5 Å². The summed E-state index contributed by atoms with van der Waals surface area (Å²) in [4.78, 5) is 17.0. The fourth-order valence-electron chi connectivity index (χ4n) is 7.23. The van der Waals surface area contributed by atoms with Crippen molar-refractivity contribution < 1.29 is 14.4 Å². The first kappa shape index (κ1) is 21.1. The third-order valence-corrected chi connectivity index (χ3v) is 8.99. The predicted octanol–water partition coefficient (Wildman–Crippen LogP) is 3.32. The Hall–Kier alpha value is -1.81. The number of esters is 1. The summed E-state index contributed by atoms with van der Waals surface area (Å²) in [5, 5.41) is 0. The molecule has 0 bridgehead atoms. The molecule has 0 aromatic heterocycles. The molecular formula is C27H39N2O2+. The van der Waals surface area contributed by atoms with E-state index in [1.165, 1.54) is 41.6 Å². The predicted molar refractivity (Wildman–Crippen MR) is 124 cm³/mol. The Morgan fingerprint density at radius 1 is 1.26 bits per heavy atom. The van der Waals surface area contributed by atoms with E-state index in [0.717, 1.165) is 45.6 Å². The lowest BCUT2D eigenvalue weighted by Gasteiger charge is -2.50. The number of anilines is 1. The number of benzene rings is 1. The van der Waals surface area contributed by atoms with E-state index >= 15 is 0 Å². The van der Waals surface area contributed by atoms with Crippen molar-refractivity contribution in [1.82, 2.24) is 0 Å². The van der Waals surface area contributed by atoms with Crippen LogP contribution in [0.2, 0.25) is 0 Å². The van der Waals surface area contributed by atoms with Crippen LogP contribution in [0, 0.1) is 37.0 Å². The summed E-state index contributed by atoms with van der Waals surface area (Å²) in [6, 6.07) is 6.76. The fourth-order valence-corrected chi connectivity index (χ4v) is 7.23. The van der Waals surface area contributed by atoms with Gasteiger partial charge in [0.1, 0.15) is 12.0 Å². The summed E-state index contributed by atoms with van der Waals surface area (Å²) >= 11 is 0. The maximum atomic E-state index is 12.9. The zero-order valence-corrected chi connectivity index (χ0v) is 19.6. The second-order valence-corrected chi connectivity index (χ2v) is 11.1. The first-order chi connectivity index (χ1) is 14.8. The molecule has 4 fully saturated rings. The van der Waals surface area contributed by atoms with Crippen LogP contribution >= 0.6 is 0 Å². The first-order valence-corrected chi connectivity index (χ1v) is 12.4. The topological polar surface area (TPSA) is 34.0 Å². The number of allylic oxidation sites excluding steroid dienone is 1. The number of ether oxygens (including phenoxy) is 1. The molecule has 5 rings (SSSR count). The molecule has 1 aromatic carbocycles. The van der Waals surface area contributed by atoms with Crippen LogP contribution in [0.25, 0.3) is 0 Å². The van der Waals surface area contributed by atoms with E-state index in [0.29, 0.717) is 11.8 Å². The minimum atomic E-state index is 0.0759. The lowest BCUT2D eigenvalue weighted by Crippen LogP contribution is -3.15. The van der Waals surface area contributed by atoms with Crippen LogP contribution < -0.4 is 9.80 Å². The second-order valence-electron chi connectivity index (χ2n) is 11.1. The Kier molecular flexibility index (Phi) is 5.40. The molecular weight excluding hydrogens is 384 g/mol. The Morgan fingerprint density at radius 3 is 2.77 bits per heavy atom. The zero-order chi connectivity index (χ0) is 21.8. The van der Waals surface area contributed by atoms with E-state index in [1.807, 2.05) is 0 Å². The molecule has 4 aliphatic rings. The van der Waals surface area contributed by atoms with Crippen LogP contribution in [-0.4, -0.2) is 44.8 Å². The molecule has 0 amide bonds. The van der Waals surface area contributed by atoms with Gasteiger partial charge in [-0.1, -0.05) is 36.8 Å². The normalized spacial score (nSPS) is 36.2. The number of nitrogens with zero attached hydrogens (tertiary/aromatic N) is 1. The highest BCUT2D eigenvalue weighted by Gasteiger charge is 2.56. The summed E-state index contributed by atoms with van der Waals surface area (Å²) < 4.78 is 5.99. The number of fused-ring (bicyclic) bond motifs is 2. The molecule has 1 N–H and O–H groups in total. The van der Waals surface area contributed by atoms with Crippen LogP contribution in [-0.2, 0) is 9.53 Å². The lowest BCUT2D eigenvalue weighted by atomic mass is 9.55. The van der Waals surface area contributed by atoms with E-state index in [2.05, 4.69) is 50.4 Å². The van der Waals surface area contributed by atoms with Gasteiger partial charge in [-0.2, -0.15) is 0 Å². The van der Waals surface area contributed by atoms with Crippen molar-refractivity contribution in [2.45, 2.75) is 59.0 Å². The van der Waals surface area contributed by atoms with Crippen molar-refractivity contribution >= 4 is 11.7 Å². The highest BCUT2D eigenvalue weighted by molar-refractivity contribution is 5.75. The van der Waals surface area contributed by atoms with Crippen molar-refractivity contribution in [3.63, 3.8) is 0 Å². The fraction of sp³-hybridized carbons (Fsp3) is 0.667. The third-order valence-electron chi connectivity index (χ3n) is 8.99. The van der Waals surface area contributed by atoms with Crippen LogP contribution in [0.15, 0.2) is 30.4 Å². The van der Waals surface area contributed by atoms with E-state index in [9.17, 15) is 4.79 Å². The molecule has 1 aromatic rings. The standard InChI is InChI=1S/C27H38N2O2/c1-18-7-8-24(20(3)14-18)29-12-10-28(11-13-29)17-22-21-15-23-19(2)6-5-9-27(23,4)16-25(21)31-26(22)30/h7-8,14,21-23,25H,2,5-6,9-13,15-17H2,1,3-4H3/p+1/t21-,22-,23+,25-,27-/m1/s1. The number of carbonyl (C=O) groups excluding carboxylic acids is 1. The number of hydrogen-bond acceptors (Lipinski definition) is 3. The van der Waals surface area contributed by atoms with E-state index < -0.39 is 0 Å². The maximum absolute atomic E-state index is 12.9. The van der Waals surface area contributed by atoms with Crippen LogP contribution in [0.5, 0.6) is 0 Å². The lowest BCUT2D eigenvalue weighted by molar-refractivity contribution is -0.903. The van der Waals surface area contributed by atoms with Gasteiger partial charge in [0, 0.05) is 11.6 Å². The molecule has 4 nitrogen and oxygen atoms in total. The highest BCUT2D eigenvalue weighted by atomic mass is 16.6. The number of nitrogens with one attached hydrogen (secondary N) is 1. The third kappa shape index (κ3) is 3.82. The summed E-state index contributed by atoms with van der Waals surface area (Å²) in [5.74, 6) is 1.13. The molecule has 0 radical (unpaired) electrons. The molecule has 2 aliphatic carbocycles. The number of hydrogen-bond donors (Lipinski definition) is 1. The van der Waals surface area contributed by atoms with Crippen molar-refractivity contribution in [2.24, 2.45) is 23.2 Å². The minimum Gasteiger partial charge on any atom is -0.462 e. The van der Waals surface area contributed by atoms with Gasteiger partial charge in [0.15, 0.2) is 0 Å². The van der Waals surface area contributed by atoms with Gasteiger partial charge >= 0.3 is 5.97 Å². The maximum Gasteiger partial charge on any atom is 0.315 e. The van der Waals surface area contributed by atoms with E-state index in [1.54, 1.807) is 4.90 Å².